The lowest BCUT2D eigenvalue weighted by Crippen LogP contribution is -2.29. The van der Waals surface area contributed by atoms with Crippen LogP contribution in [0, 0.1) is 5.82 Å². The van der Waals surface area contributed by atoms with Gasteiger partial charge in [-0.15, -0.1) is 5.06 Å². The van der Waals surface area contributed by atoms with Gasteiger partial charge >= 0.3 is 5.97 Å². The summed E-state index contributed by atoms with van der Waals surface area (Å²) < 4.78 is 18.1. The van der Waals surface area contributed by atoms with Gasteiger partial charge in [0.1, 0.15) is 12.4 Å². The van der Waals surface area contributed by atoms with E-state index in [-0.39, 0.29) is 28.9 Å². The second kappa shape index (κ2) is 6.21. The molecule has 0 N–H and O–H groups in total. The number of carbonyl (C=O) groups excluding carboxylic acids is 3. The summed E-state index contributed by atoms with van der Waals surface area (Å²) in [5.41, 5.74) is 0.791. The molecule has 2 amide bonds. The Kier molecular flexibility index (Phi) is 4.09. The number of halogens is 1. The highest BCUT2D eigenvalue weighted by Gasteiger charge is 2.36. The molecule has 0 saturated heterocycles. The van der Waals surface area contributed by atoms with Gasteiger partial charge in [-0.3, -0.25) is 14.4 Å². The first-order chi connectivity index (χ1) is 11.5. The Hall–Kier alpha value is -3.06. The molecule has 0 atom stereocenters. The van der Waals surface area contributed by atoms with Crippen LogP contribution in [0.25, 0.3) is 0 Å². The Morgan fingerprint density at radius 2 is 1.71 bits per heavy atom. The molecular weight excluding hydrogens is 317 g/mol. The highest BCUT2D eigenvalue weighted by molar-refractivity contribution is 6.20. The molecule has 0 bridgehead atoms. The van der Waals surface area contributed by atoms with E-state index in [0.717, 1.165) is 12.1 Å². The van der Waals surface area contributed by atoms with Crippen molar-refractivity contribution in [2.45, 2.75) is 6.61 Å². The second-order valence-electron chi connectivity index (χ2n) is 5.06. The average Bonchev–Trinajstić information content (AvgIpc) is 2.83. The number of esters is 1. The van der Waals surface area contributed by atoms with E-state index in [1.165, 1.54) is 25.3 Å². The second-order valence-corrected chi connectivity index (χ2v) is 5.06. The molecule has 1 heterocycles. The van der Waals surface area contributed by atoms with Gasteiger partial charge in [0, 0.05) is 0 Å². The molecule has 1 aliphatic rings. The van der Waals surface area contributed by atoms with Gasteiger partial charge in [0.15, 0.2) is 0 Å². The Labute approximate surface area is 136 Å². The van der Waals surface area contributed by atoms with Crippen LogP contribution >= 0.6 is 0 Å². The summed E-state index contributed by atoms with van der Waals surface area (Å²) in [6, 6.07) is 9.87. The molecule has 0 unspecified atom stereocenters. The van der Waals surface area contributed by atoms with Gasteiger partial charge in [-0.1, -0.05) is 12.1 Å². The van der Waals surface area contributed by atoms with Crippen LogP contribution in [-0.2, 0) is 16.2 Å². The maximum Gasteiger partial charge on any atom is 0.337 e. The first-order valence-electron chi connectivity index (χ1n) is 7.00. The molecule has 7 heteroatoms. The minimum Gasteiger partial charge on any atom is -0.465 e. The van der Waals surface area contributed by atoms with Gasteiger partial charge in [-0.2, -0.15) is 0 Å². The third-order valence-corrected chi connectivity index (χ3v) is 3.50. The number of ether oxygens (including phenoxy) is 1. The van der Waals surface area contributed by atoms with E-state index in [9.17, 15) is 18.8 Å². The zero-order valence-electron chi connectivity index (χ0n) is 12.6. The van der Waals surface area contributed by atoms with E-state index < -0.39 is 23.6 Å². The maximum atomic E-state index is 13.6. The highest BCUT2D eigenvalue weighted by Crippen LogP contribution is 2.23. The lowest BCUT2D eigenvalue weighted by Gasteiger charge is -2.13. The molecule has 0 spiro atoms. The number of nitrogens with zero attached hydrogens (tertiary/aromatic N) is 1. The van der Waals surface area contributed by atoms with Gasteiger partial charge in [-0.25, -0.2) is 9.18 Å². The first-order valence-corrected chi connectivity index (χ1v) is 7.00. The fourth-order valence-corrected chi connectivity index (χ4v) is 2.39. The Balaban J connectivity index is 1.78. The minimum absolute atomic E-state index is 0.0125. The number of amides is 2. The minimum atomic E-state index is -0.698. The number of benzene rings is 2. The van der Waals surface area contributed by atoms with E-state index in [2.05, 4.69) is 4.74 Å². The van der Waals surface area contributed by atoms with Crippen molar-refractivity contribution in [2.75, 3.05) is 7.11 Å². The molecule has 0 aromatic heterocycles. The predicted molar refractivity (Wildman–Crippen MR) is 79.5 cm³/mol. The van der Waals surface area contributed by atoms with Crippen molar-refractivity contribution in [1.82, 2.24) is 5.06 Å². The fourth-order valence-electron chi connectivity index (χ4n) is 2.39. The van der Waals surface area contributed by atoms with Crippen LogP contribution < -0.4 is 0 Å². The Bertz CT molecular complexity index is 814. The maximum absolute atomic E-state index is 13.6. The molecule has 2 aromatic rings. The number of methoxy groups -OCH3 is 1. The van der Waals surface area contributed by atoms with Crippen molar-refractivity contribution in [3.05, 3.63) is 70.5 Å². The molecule has 0 aliphatic carbocycles. The van der Waals surface area contributed by atoms with Gasteiger partial charge in [0.25, 0.3) is 11.8 Å². The monoisotopic (exact) mass is 329 g/mol. The standard InChI is InChI=1S/C17H12FNO5/c1-23-17(22)11-6-10(7-12(18)8-11)9-24-19-15(20)13-4-2-3-5-14(13)16(19)21/h2-8H,9H2,1H3. The zero-order chi connectivity index (χ0) is 17.3. The quantitative estimate of drug-likeness (QED) is 0.636. The number of fused-ring (bicyclic) bond motifs is 1. The van der Waals surface area contributed by atoms with E-state index >= 15 is 0 Å². The van der Waals surface area contributed by atoms with E-state index in [4.69, 9.17) is 4.84 Å². The smallest absolute Gasteiger partial charge is 0.337 e. The van der Waals surface area contributed by atoms with Crippen molar-refractivity contribution in [2.24, 2.45) is 0 Å². The lowest BCUT2D eigenvalue weighted by atomic mass is 10.1. The molecule has 0 radical (unpaired) electrons. The molecule has 0 saturated carbocycles. The van der Waals surface area contributed by atoms with Crippen molar-refractivity contribution >= 4 is 17.8 Å². The summed E-state index contributed by atoms with van der Waals surface area (Å²) >= 11 is 0. The molecular formula is C17H12FNO5. The van der Waals surface area contributed by atoms with Crippen molar-refractivity contribution in [3.63, 3.8) is 0 Å². The van der Waals surface area contributed by atoms with Gasteiger partial charge < -0.3 is 4.74 Å². The summed E-state index contributed by atoms with van der Waals surface area (Å²) in [6.45, 7) is -0.257. The van der Waals surface area contributed by atoms with Crippen LogP contribution in [0.4, 0.5) is 4.39 Å². The third-order valence-electron chi connectivity index (χ3n) is 3.50. The number of hydrogen-bond acceptors (Lipinski definition) is 5. The third kappa shape index (κ3) is 2.77. The summed E-state index contributed by atoms with van der Waals surface area (Å²) in [7, 11) is 1.18. The molecule has 24 heavy (non-hydrogen) atoms. The fraction of sp³-hybridized carbons (Fsp3) is 0.118. The van der Waals surface area contributed by atoms with E-state index in [1.54, 1.807) is 12.1 Å². The molecule has 1 aliphatic heterocycles. The van der Waals surface area contributed by atoms with Crippen molar-refractivity contribution in [3.8, 4) is 0 Å². The van der Waals surface area contributed by atoms with E-state index in [0.29, 0.717) is 5.06 Å². The normalized spacial score (nSPS) is 13.2. The molecule has 122 valence electrons. The molecule has 6 nitrogen and oxygen atoms in total. The predicted octanol–water partition coefficient (Wildman–Crippen LogP) is 2.34. The first kappa shape index (κ1) is 15.8. The largest absolute Gasteiger partial charge is 0.465 e. The molecule has 0 fully saturated rings. The summed E-state index contributed by atoms with van der Waals surface area (Å²) in [5.74, 6) is -2.52. The Morgan fingerprint density at radius 1 is 1.08 bits per heavy atom. The molecule has 2 aromatic carbocycles. The number of hydroxylamine groups is 2. The SMILES string of the molecule is COC(=O)c1cc(F)cc(CON2C(=O)c3ccccc3C2=O)c1. The summed E-state index contributed by atoms with van der Waals surface area (Å²) in [4.78, 5) is 41.0. The Morgan fingerprint density at radius 3 is 2.29 bits per heavy atom. The van der Waals surface area contributed by atoms with Gasteiger partial charge in [-0.05, 0) is 35.9 Å². The van der Waals surface area contributed by atoms with Crippen LogP contribution in [0.2, 0.25) is 0 Å². The summed E-state index contributed by atoms with van der Waals surface area (Å²) in [5, 5.41) is 0.632. The average molecular weight is 329 g/mol. The van der Waals surface area contributed by atoms with Crippen LogP contribution in [0.3, 0.4) is 0 Å². The number of carbonyl (C=O) groups is 3. The highest BCUT2D eigenvalue weighted by atomic mass is 19.1. The van der Waals surface area contributed by atoms with Crippen LogP contribution in [-0.4, -0.2) is 30.0 Å². The van der Waals surface area contributed by atoms with Crippen LogP contribution in [0.5, 0.6) is 0 Å². The van der Waals surface area contributed by atoms with Crippen LogP contribution in [0.15, 0.2) is 42.5 Å². The summed E-state index contributed by atoms with van der Waals surface area (Å²) in [6.07, 6.45) is 0. The lowest BCUT2D eigenvalue weighted by molar-refractivity contribution is -0.101. The van der Waals surface area contributed by atoms with Gasteiger partial charge in [0.05, 0.1) is 23.8 Å². The number of rotatable bonds is 4. The number of imide groups is 1. The van der Waals surface area contributed by atoms with Crippen LogP contribution in [0.1, 0.15) is 36.6 Å². The number of hydrogen-bond donors (Lipinski definition) is 0. The van der Waals surface area contributed by atoms with Crippen molar-refractivity contribution in [1.29, 1.82) is 0 Å². The van der Waals surface area contributed by atoms with E-state index in [1.807, 2.05) is 0 Å². The molecule has 3 rings (SSSR count). The van der Waals surface area contributed by atoms with Gasteiger partial charge in [0.2, 0.25) is 0 Å². The van der Waals surface area contributed by atoms with Crippen molar-refractivity contribution < 1.29 is 28.3 Å². The topological polar surface area (TPSA) is 72.9 Å². The zero-order valence-corrected chi connectivity index (χ0v) is 12.6.